The molecule has 54 heavy (non-hydrogen) atoms. The van der Waals surface area contributed by atoms with Gasteiger partial charge in [-0.25, -0.2) is 15.0 Å². The summed E-state index contributed by atoms with van der Waals surface area (Å²) in [5, 5.41) is 2.16. The molecule has 0 atom stereocenters. The summed E-state index contributed by atoms with van der Waals surface area (Å²) in [5.74, 6) is 3.46. The number of nitrogens with zero attached hydrogens (tertiary/aromatic N) is 4. The van der Waals surface area contributed by atoms with Crippen molar-refractivity contribution in [2.24, 2.45) is 0 Å². The van der Waals surface area contributed by atoms with Gasteiger partial charge in [-0.1, -0.05) is 140 Å². The number of hydrogen-bond donors (Lipinski definition) is 0. The minimum atomic E-state index is 0.597. The van der Waals surface area contributed by atoms with Crippen molar-refractivity contribution in [1.29, 1.82) is 0 Å². The third-order valence-corrected chi connectivity index (χ3v) is 9.91. The summed E-state index contributed by atoms with van der Waals surface area (Å²) in [6.45, 7) is 0. The fourth-order valence-electron chi connectivity index (χ4n) is 7.32. The van der Waals surface area contributed by atoms with Crippen molar-refractivity contribution in [1.82, 2.24) is 15.0 Å². The van der Waals surface area contributed by atoms with Crippen LogP contribution in [0, 0.1) is 0 Å². The lowest BCUT2D eigenvalue weighted by molar-refractivity contribution is 0.487. The lowest BCUT2D eigenvalue weighted by atomic mass is 9.92. The second-order valence-electron chi connectivity index (χ2n) is 13.2. The van der Waals surface area contributed by atoms with Crippen molar-refractivity contribution in [2.45, 2.75) is 0 Å². The molecule has 1 aromatic heterocycles. The molecule has 0 aliphatic carbocycles. The van der Waals surface area contributed by atoms with Crippen LogP contribution in [0.2, 0.25) is 0 Å². The number of benzene rings is 8. The van der Waals surface area contributed by atoms with Crippen LogP contribution >= 0.6 is 0 Å². The highest BCUT2D eigenvalue weighted by molar-refractivity contribution is 6.11. The Morgan fingerprint density at radius 1 is 0.352 bits per heavy atom. The SMILES string of the molecule is c1ccc(-c2ccc(-c3nc(-c4ccccc4)nc(-c4ccc5c(c4)-c4cccc6c(N(c7ccccc7)c7ccccc7)ccc(c46)O5)n3)cc2)cc1. The number of para-hydroxylation sites is 2. The number of hydrogen-bond acceptors (Lipinski definition) is 5. The van der Waals surface area contributed by atoms with E-state index in [2.05, 4.69) is 138 Å². The lowest BCUT2D eigenvalue weighted by Crippen LogP contribution is -2.11. The average molecular weight is 693 g/mol. The fraction of sp³-hybridized carbons (Fsp3) is 0. The summed E-state index contributed by atoms with van der Waals surface area (Å²) < 4.78 is 6.65. The van der Waals surface area contributed by atoms with Gasteiger partial charge < -0.3 is 9.64 Å². The van der Waals surface area contributed by atoms with Gasteiger partial charge in [0.25, 0.3) is 0 Å². The third kappa shape index (κ3) is 5.65. The molecule has 5 heteroatoms. The smallest absolute Gasteiger partial charge is 0.164 e. The van der Waals surface area contributed by atoms with E-state index in [9.17, 15) is 0 Å². The van der Waals surface area contributed by atoms with E-state index in [1.807, 2.05) is 60.7 Å². The molecule has 10 rings (SSSR count). The largest absolute Gasteiger partial charge is 0.456 e. The Labute approximate surface area is 313 Å². The zero-order valence-corrected chi connectivity index (χ0v) is 29.2. The first-order chi connectivity index (χ1) is 26.8. The maximum atomic E-state index is 6.65. The monoisotopic (exact) mass is 692 g/mol. The van der Waals surface area contributed by atoms with E-state index in [-0.39, 0.29) is 0 Å². The summed E-state index contributed by atoms with van der Waals surface area (Å²) in [7, 11) is 0. The number of aromatic nitrogens is 3. The maximum Gasteiger partial charge on any atom is 0.164 e. The molecule has 0 saturated heterocycles. The van der Waals surface area contributed by atoms with Crippen LogP contribution in [0.15, 0.2) is 194 Å². The summed E-state index contributed by atoms with van der Waals surface area (Å²) >= 11 is 0. The van der Waals surface area contributed by atoms with E-state index in [1.54, 1.807) is 0 Å². The normalized spacial score (nSPS) is 11.5. The van der Waals surface area contributed by atoms with Crippen LogP contribution in [0.1, 0.15) is 0 Å². The van der Waals surface area contributed by atoms with Crippen LogP contribution in [-0.4, -0.2) is 15.0 Å². The first-order valence-electron chi connectivity index (χ1n) is 18.0. The van der Waals surface area contributed by atoms with Gasteiger partial charge in [0.05, 0.1) is 5.69 Å². The Hall–Kier alpha value is -7.37. The summed E-state index contributed by atoms with van der Waals surface area (Å²) in [5.41, 5.74) is 10.4. The quantitative estimate of drug-likeness (QED) is 0.166. The molecule has 9 aromatic rings. The zero-order chi connectivity index (χ0) is 35.8. The Kier molecular flexibility index (Phi) is 7.73. The molecule has 254 valence electrons. The molecule has 0 N–H and O–H groups in total. The third-order valence-electron chi connectivity index (χ3n) is 9.91. The maximum absolute atomic E-state index is 6.65. The molecule has 8 aromatic carbocycles. The van der Waals surface area contributed by atoms with Crippen molar-refractivity contribution in [3.05, 3.63) is 194 Å². The van der Waals surface area contributed by atoms with Crippen molar-refractivity contribution in [3.63, 3.8) is 0 Å². The molecular weight excluding hydrogens is 661 g/mol. The molecule has 0 fully saturated rings. The molecular formula is C49H32N4O. The highest BCUT2D eigenvalue weighted by Crippen LogP contribution is 2.51. The van der Waals surface area contributed by atoms with E-state index in [4.69, 9.17) is 19.7 Å². The average Bonchev–Trinajstić information content (AvgIpc) is 3.26. The fourth-order valence-corrected chi connectivity index (χ4v) is 7.32. The van der Waals surface area contributed by atoms with Crippen LogP contribution < -0.4 is 9.64 Å². The van der Waals surface area contributed by atoms with E-state index in [0.717, 1.165) is 78.3 Å². The van der Waals surface area contributed by atoms with Crippen molar-refractivity contribution < 1.29 is 4.74 Å². The van der Waals surface area contributed by atoms with Gasteiger partial charge in [0.1, 0.15) is 11.5 Å². The Balaban J connectivity index is 1.10. The second-order valence-corrected chi connectivity index (χ2v) is 13.2. The molecule has 2 heterocycles. The van der Waals surface area contributed by atoms with Gasteiger partial charge in [0.2, 0.25) is 0 Å². The van der Waals surface area contributed by atoms with Crippen molar-refractivity contribution >= 4 is 27.8 Å². The first kappa shape index (κ1) is 31.4. The van der Waals surface area contributed by atoms with E-state index in [0.29, 0.717) is 17.5 Å². The lowest BCUT2D eigenvalue weighted by Gasteiger charge is -2.29. The number of fused-ring (bicyclic) bond motifs is 2. The molecule has 0 amide bonds. The van der Waals surface area contributed by atoms with Gasteiger partial charge in [-0.15, -0.1) is 0 Å². The van der Waals surface area contributed by atoms with Crippen LogP contribution in [0.5, 0.6) is 11.5 Å². The summed E-state index contributed by atoms with van der Waals surface area (Å²) in [4.78, 5) is 17.4. The van der Waals surface area contributed by atoms with Crippen molar-refractivity contribution in [3.8, 4) is 67.9 Å². The van der Waals surface area contributed by atoms with Gasteiger partial charge in [-0.3, -0.25) is 0 Å². The van der Waals surface area contributed by atoms with Crippen LogP contribution in [-0.2, 0) is 0 Å². The number of anilines is 3. The Bertz CT molecular complexity index is 2730. The highest BCUT2D eigenvalue weighted by Gasteiger charge is 2.25. The van der Waals surface area contributed by atoms with E-state index in [1.165, 1.54) is 0 Å². The molecule has 5 nitrogen and oxygen atoms in total. The molecule has 0 saturated carbocycles. The van der Waals surface area contributed by atoms with Gasteiger partial charge in [-0.05, 0) is 71.3 Å². The first-order valence-corrected chi connectivity index (χ1v) is 18.0. The van der Waals surface area contributed by atoms with Crippen LogP contribution in [0.25, 0.3) is 67.2 Å². The standard InChI is InChI=1S/C49H32N4O/c1-5-14-33(15-6-1)34-24-26-36(27-25-34)48-50-47(35-16-7-2-8-17-35)51-49(52-48)37-28-30-44-42(32-37)40-22-13-23-41-43(29-31-45(54-44)46(40)41)53(38-18-9-3-10-19-38)39-20-11-4-12-21-39/h1-32H. The Morgan fingerprint density at radius 2 is 0.833 bits per heavy atom. The Morgan fingerprint density at radius 3 is 1.46 bits per heavy atom. The summed E-state index contributed by atoms with van der Waals surface area (Å²) in [6, 6.07) is 66.8. The topological polar surface area (TPSA) is 51.1 Å². The van der Waals surface area contributed by atoms with Gasteiger partial charge in [0.15, 0.2) is 17.5 Å². The second kappa shape index (κ2) is 13.3. The zero-order valence-electron chi connectivity index (χ0n) is 29.2. The molecule has 0 radical (unpaired) electrons. The van der Waals surface area contributed by atoms with Crippen molar-refractivity contribution in [2.75, 3.05) is 4.90 Å². The van der Waals surface area contributed by atoms with Gasteiger partial charge >= 0.3 is 0 Å². The van der Waals surface area contributed by atoms with E-state index >= 15 is 0 Å². The number of rotatable bonds is 7. The molecule has 0 unspecified atom stereocenters. The molecule has 0 bridgehead atoms. The summed E-state index contributed by atoms with van der Waals surface area (Å²) in [6.07, 6.45) is 0. The van der Waals surface area contributed by atoms with Crippen LogP contribution in [0.4, 0.5) is 17.1 Å². The molecule has 1 aliphatic heterocycles. The predicted octanol–water partition coefficient (Wildman–Crippen LogP) is 12.9. The predicted molar refractivity (Wildman–Crippen MR) is 219 cm³/mol. The molecule has 0 spiro atoms. The number of ether oxygens (including phenoxy) is 1. The minimum absolute atomic E-state index is 0.597. The highest BCUT2D eigenvalue weighted by atomic mass is 16.5. The van der Waals surface area contributed by atoms with Gasteiger partial charge in [0, 0.05) is 44.4 Å². The van der Waals surface area contributed by atoms with Crippen LogP contribution in [0.3, 0.4) is 0 Å². The minimum Gasteiger partial charge on any atom is -0.456 e. The van der Waals surface area contributed by atoms with Gasteiger partial charge in [-0.2, -0.15) is 0 Å². The molecule has 1 aliphatic rings. The van der Waals surface area contributed by atoms with E-state index < -0.39 is 0 Å².